The lowest BCUT2D eigenvalue weighted by molar-refractivity contribution is -0.122. The minimum atomic E-state index is -0.231. The van der Waals surface area contributed by atoms with E-state index in [0.717, 1.165) is 24.7 Å². The molecule has 0 radical (unpaired) electrons. The monoisotopic (exact) mass is 257 g/mol. The van der Waals surface area contributed by atoms with Gasteiger partial charge in [0.1, 0.15) is 12.1 Å². The first-order valence-electron chi connectivity index (χ1n) is 6.64. The fraction of sp³-hybridized carbons (Fsp3) is 0.438. The first kappa shape index (κ1) is 15.1. The number of rotatable bonds is 9. The Hall–Kier alpha value is -1.95. The highest BCUT2D eigenvalue weighted by molar-refractivity contribution is 5.81. The van der Waals surface area contributed by atoms with Crippen LogP contribution in [0, 0.1) is 17.2 Å². The Morgan fingerprint density at radius 3 is 2.63 bits per heavy atom. The van der Waals surface area contributed by atoms with Gasteiger partial charge in [-0.25, -0.2) is 0 Å². The van der Waals surface area contributed by atoms with Crippen LogP contribution < -0.4 is 0 Å². The second-order valence-electron chi connectivity index (χ2n) is 4.69. The summed E-state index contributed by atoms with van der Waals surface area (Å²) in [7, 11) is 0. The third-order valence-corrected chi connectivity index (χ3v) is 3.02. The Balaban J connectivity index is 2.34. The Labute approximate surface area is 114 Å². The summed E-state index contributed by atoms with van der Waals surface area (Å²) in [6, 6.07) is 11.8. The number of Topliss-reactive ketones (excluding diaryl/α,β-unsaturated/α-hetero) is 1. The Morgan fingerprint density at radius 2 is 2.00 bits per heavy atom. The summed E-state index contributed by atoms with van der Waals surface area (Å²) in [4.78, 5) is 22.7. The summed E-state index contributed by atoms with van der Waals surface area (Å²) >= 11 is 0. The van der Waals surface area contributed by atoms with E-state index < -0.39 is 0 Å². The van der Waals surface area contributed by atoms with Gasteiger partial charge in [-0.15, -0.1) is 0 Å². The van der Waals surface area contributed by atoms with E-state index in [-0.39, 0.29) is 11.7 Å². The molecule has 0 saturated heterocycles. The Morgan fingerprint density at radius 1 is 1.26 bits per heavy atom. The van der Waals surface area contributed by atoms with E-state index in [4.69, 9.17) is 5.26 Å². The van der Waals surface area contributed by atoms with Crippen molar-refractivity contribution in [1.29, 1.82) is 5.26 Å². The second kappa shape index (κ2) is 9.04. The van der Waals surface area contributed by atoms with E-state index in [0.29, 0.717) is 25.7 Å². The highest BCUT2D eigenvalue weighted by Gasteiger charge is 2.13. The van der Waals surface area contributed by atoms with Crippen molar-refractivity contribution in [2.75, 3.05) is 0 Å². The van der Waals surface area contributed by atoms with Gasteiger partial charge in [0.2, 0.25) is 0 Å². The highest BCUT2D eigenvalue weighted by Crippen LogP contribution is 2.13. The van der Waals surface area contributed by atoms with Crippen molar-refractivity contribution in [2.45, 2.75) is 38.5 Å². The molecule has 100 valence electrons. The molecular formula is C16H19NO2. The molecule has 0 aromatic heterocycles. The number of hydrogen-bond acceptors (Lipinski definition) is 3. The average Bonchev–Trinajstić information content (AvgIpc) is 2.44. The molecule has 1 rings (SSSR count). The molecule has 0 saturated carbocycles. The second-order valence-corrected chi connectivity index (χ2v) is 4.69. The molecule has 0 amide bonds. The number of nitrogens with zero attached hydrogens (tertiary/aromatic N) is 1. The quantitative estimate of drug-likeness (QED) is 0.504. The molecule has 0 aliphatic rings. The van der Waals surface area contributed by atoms with Crippen LogP contribution in [0.2, 0.25) is 0 Å². The van der Waals surface area contributed by atoms with Crippen LogP contribution in [0.1, 0.15) is 37.7 Å². The third-order valence-electron chi connectivity index (χ3n) is 3.02. The van der Waals surface area contributed by atoms with Crippen molar-refractivity contribution < 1.29 is 9.59 Å². The summed E-state index contributed by atoms with van der Waals surface area (Å²) in [5.41, 5.74) is 1.08. The molecule has 0 aliphatic heterocycles. The van der Waals surface area contributed by atoms with Crippen LogP contribution in [0.5, 0.6) is 0 Å². The normalized spacial score (nSPS) is 11.5. The maximum absolute atomic E-state index is 11.7. The first-order valence-corrected chi connectivity index (χ1v) is 6.64. The molecule has 3 heteroatoms. The van der Waals surface area contributed by atoms with Crippen LogP contribution >= 0.6 is 0 Å². The van der Waals surface area contributed by atoms with E-state index >= 15 is 0 Å². The molecule has 3 nitrogen and oxygen atoms in total. The van der Waals surface area contributed by atoms with Gasteiger partial charge < -0.3 is 4.79 Å². The summed E-state index contributed by atoms with van der Waals surface area (Å²) < 4.78 is 0. The number of benzene rings is 1. The molecule has 0 aliphatic carbocycles. The van der Waals surface area contributed by atoms with Gasteiger partial charge >= 0.3 is 0 Å². The summed E-state index contributed by atoms with van der Waals surface area (Å²) in [5, 5.41) is 8.40. The predicted octanol–water partition coefficient (Wildman–Crippen LogP) is 3.09. The molecule has 0 N–H and O–H groups in total. The Bertz CT molecular complexity index is 434. The molecule has 1 atom stereocenters. The number of carbonyl (C=O) groups excluding carboxylic acids is 2. The third kappa shape index (κ3) is 6.52. The van der Waals surface area contributed by atoms with Crippen LogP contribution in [0.25, 0.3) is 0 Å². The maximum atomic E-state index is 11.7. The molecule has 0 fully saturated rings. The minimum absolute atomic E-state index is 0.117. The molecular weight excluding hydrogens is 238 g/mol. The van der Waals surface area contributed by atoms with E-state index in [1.165, 1.54) is 0 Å². The van der Waals surface area contributed by atoms with Crippen LogP contribution in [-0.2, 0) is 16.0 Å². The van der Waals surface area contributed by atoms with E-state index in [2.05, 4.69) is 6.07 Å². The highest BCUT2D eigenvalue weighted by atomic mass is 16.1. The van der Waals surface area contributed by atoms with Gasteiger partial charge in [-0.2, -0.15) is 5.26 Å². The fourth-order valence-electron chi connectivity index (χ4n) is 2.01. The number of nitriles is 1. The van der Waals surface area contributed by atoms with E-state index in [1.807, 2.05) is 30.3 Å². The molecule has 0 bridgehead atoms. The molecule has 1 unspecified atom stereocenters. The standard InChI is InChI=1S/C16H19NO2/c17-10-6-2-5-9-16(19)12-15(13-18)11-14-7-3-1-4-8-14/h1,3-4,7-8,13,15H,2,5-6,9,11-12H2. The number of ketones is 1. The van der Waals surface area contributed by atoms with Crippen LogP contribution in [-0.4, -0.2) is 12.1 Å². The average molecular weight is 257 g/mol. The molecule has 1 aromatic rings. The van der Waals surface area contributed by atoms with Gasteiger partial charge in [0.25, 0.3) is 0 Å². The number of carbonyl (C=O) groups is 2. The summed E-state index contributed by atoms with van der Waals surface area (Å²) in [5.74, 6) is -0.114. The largest absolute Gasteiger partial charge is 0.303 e. The van der Waals surface area contributed by atoms with E-state index in [1.54, 1.807) is 0 Å². The molecule has 19 heavy (non-hydrogen) atoms. The topological polar surface area (TPSA) is 57.9 Å². The molecule has 1 aromatic carbocycles. The smallest absolute Gasteiger partial charge is 0.133 e. The minimum Gasteiger partial charge on any atom is -0.303 e. The summed E-state index contributed by atoms with van der Waals surface area (Å²) in [6.07, 6.45) is 4.27. The van der Waals surface area contributed by atoms with Crippen molar-refractivity contribution in [1.82, 2.24) is 0 Å². The molecule has 0 heterocycles. The maximum Gasteiger partial charge on any atom is 0.133 e. The fourth-order valence-corrected chi connectivity index (χ4v) is 2.01. The van der Waals surface area contributed by atoms with Crippen molar-refractivity contribution in [2.24, 2.45) is 5.92 Å². The van der Waals surface area contributed by atoms with Gasteiger partial charge in [-0.05, 0) is 24.8 Å². The van der Waals surface area contributed by atoms with Crippen molar-refractivity contribution in [3.8, 4) is 6.07 Å². The SMILES string of the molecule is N#CCCCCC(=O)CC(C=O)Cc1ccccc1. The first-order chi connectivity index (χ1) is 9.26. The number of unbranched alkanes of at least 4 members (excludes halogenated alkanes) is 2. The zero-order chi connectivity index (χ0) is 13.9. The van der Waals surface area contributed by atoms with Gasteiger partial charge in [0, 0.05) is 25.2 Å². The van der Waals surface area contributed by atoms with Crippen LogP contribution in [0.15, 0.2) is 30.3 Å². The predicted molar refractivity (Wildman–Crippen MR) is 73.4 cm³/mol. The zero-order valence-electron chi connectivity index (χ0n) is 11.0. The lowest BCUT2D eigenvalue weighted by Gasteiger charge is -2.09. The lowest BCUT2D eigenvalue weighted by atomic mass is 9.94. The van der Waals surface area contributed by atoms with Crippen molar-refractivity contribution in [3.05, 3.63) is 35.9 Å². The van der Waals surface area contributed by atoms with Gasteiger partial charge in [0.05, 0.1) is 6.07 Å². The van der Waals surface area contributed by atoms with Crippen LogP contribution in [0.3, 0.4) is 0 Å². The van der Waals surface area contributed by atoms with Gasteiger partial charge in [-0.3, -0.25) is 4.79 Å². The van der Waals surface area contributed by atoms with Gasteiger partial charge in [0.15, 0.2) is 0 Å². The van der Waals surface area contributed by atoms with Crippen molar-refractivity contribution in [3.63, 3.8) is 0 Å². The van der Waals surface area contributed by atoms with Gasteiger partial charge in [-0.1, -0.05) is 30.3 Å². The zero-order valence-corrected chi connectivity index (χ0v) is 11.0. The van der Waals surface area contributed by atoms with Crippen LogP contribution in [0.4, 0.5) is 0 Å². The number of aldehydes is 1. The van der Waals surface area contributed by atoms with Crippen molar-refractivity contribution >= 4 is 12.1 Å². The van der Waals surface area contributed by atoms with E-state index in [9.17, 15) is 9.59 Å². The Kier molecular flexibility index (Phi) is 7.19. The summed E-state index contributed by atoms with van der Waals surface area (Å²) in [6.45, 7) is 0. The lowest BCUT2D eigenvalue weighted by Crippen LogP contribution is -2.12. The number of hydrogen-bond donors (Lipinski definition) is 0. The molecule has 0 spiro atoms.